The van der Waals surface area contributed by atoms with Gasteiger partial charge >= 0.3 is 0 Å². The highest BCUT2D eigenvalue weighted by Gasteiger charge is 2.26. The average Bonchev–Trinajstić information content (AvgIpc) is 2.37. The Morgan fingerprint density at radius 2 is 2.26 bits per heavy atom. The summed E-state index contributed by atoms with van der Waals surface area (Å²) in [6.45, 7) is 3.08. The number of amides is 1. The minimum Gasteiger partial charge on any atom is -0.396 e. The molecule has 1 aliphatic heterocycles. The topological polar surface area (TPSA) is 102 Å². The van der Waals surface area contributed by atoms with Crippen LogP contribution in [-0.4, -0.2) is 42.9 Å². The van der Waals surface area contributed by atoms with Gasteiger partial charge in [0.25, 0.3) is 5.91 Å². The maximum atomic E-state index is 11.3. The molecule has 104 valence electrons. The number of anilines is 2. The standard InChI is InChI=1S/C13H19N3O3/c1-8-5-16(6-9(7-17)19-8)11-4-2-3-10(12(11)14)13(15)18/h2-4,8-9,17H,5-7,14H2,1H3,(H2,15,18). The second-order valence-corrected chi connectivity index (χ2v) is 4.76. The second kappa shape index (κ2) is 5.46. The highest BCUT2D eigenvalue weighted by Crippen LogP contribution is 2.29. The van der Waals surface area contributed by atoms with Gasteiger partial charge in [0.2, 0.25) is 0 Å². The van der Waals surface area contributed by atoms with Gasteiger partial charge in [-0.15, -0.1) is 0 Å². The number of rotatable bonds is 3. The Balaban J connectivity index is 2.31. The summed E-state index contributed by atoms with van der Waals surface area (Å²) in [4.78, 5) is 13.3. The Morgan fingerprint density at radius 3 is 2.89 bits per heavy atom. The fraction of sp³-hybridized carbons (Fsp3) is 0.462. The third kappa shape index (κ3) is 2.80. The normalized spacial score (nSPS) is 23.4. The molecule has 0 spiro atoms. The molecular weight excluding hydrogens is 246 g/mol. The number of hydrogen-bond acceptors (Lipinski definition) is 5. The number of primary amides is 1. The second-order valence-electron chi connectivity index (χ2n) is 4.76. The van der Waals surface area contributed by atoms with Gasteiger partial charge in [0.15, 0.2) is 0 Å². The first-order chi connectivity index (χ1) is 9.02. The Bertz CT molecular complexity index is 478. The molecule has 0 radical (unpaired) electrons. The lowest BCUT2D eigenvalue weighted by molar-refractivity contribution is -0.0420. The van der Waals surface area contributed by atoms with E-state index in [1.165, 1.54) is 0 Å². The molecule has 1 amide bonds. The first-order valence-electron chi connectivity index (χ1n) is 6.22. The molecule has 2 atom stereocenters. The number of ether oxygens (including phenoxy) is 1. The van der Waals surface area contributed by atoms with Crippen LogP contribution < -0.4 is 16.4 Å². The van der Waals surface area contributed by atoms with Crippen LogP contribution in [0.5, 0.6) is 0 Å². The van der Waals surface area contributed by atoms with Crippen molar-refractivity contribution in [2.24, 2.45) is 5.73 Å². The van der Waals surface area contributed by atoms with Gasteiger partial charge in [-0.05, 0) is 19.1 Å². The number of nitrogens with zero attached hydrogens (tertiary/aromatic N) is 1. The van der Waals surface area contributed by atoms with Crippen LogP contribution in [0.2, 0.25) is 0 Å². The first kappa shape index (κ1) is 13.6. The zero-order valence-electron chi connectivity index (χ0n) is 10.9. The molecule has 1 aromatic carbocycles. The number of para-hydroxylation sites is 1. The van der Waals surface area contributed by atoms with Gasteiger partial charge in [-0.25, -0.2) is 0 Å². The number of carbonyl (C=O) groups excluding carboxylic acids is 1. The molecule has 5 N–H and O–H groups in total. The van der Waals surface area contributed by atoms with Crippen molar-refractivity contribution in [3.63, 3.8) is 0 Å². The SMILES string of the molecule is CC1CN(c2cccc(C(N)=O)c2N)CC(CO)O1. The Morgan fingerprint density at radius 1 is 1.53 bits per heavy atom. The van der Waals surface area contributed by atoms with Gasteiger partial charge in [-0.1, -0.05) is 6.07 Å². The lowest BCUT2D eigenvalue weighted by Crippen LogP contribution is -2.48. The minimum atomic E-state index is -0.542. The number of aliphatic hydroxyl groups excluding tert-OH is 1. The van der Waals surface area contributed by atoms with Gasteiger partial charge in [0, 0.05) is 13.1 Å². The quantitative estimate of drug-likeness (QED) is 0.665. The van der Waals surface area contributed by atoms with Crippen LogP contribution in [0.1, 0.15) is 17.3 Å². The predicted octanol–water partition coefficient (Wildman–Crippen LogP) is -0.0463. The number of nitrogen functional groups attached to an aromatic ring is 1. The van der Waals surface area contributed by atoms with E-state index in [-0.39, 0.29) is 18.8 Å². The summed E-state index contributed by atoms with van der Waals surface area (Å²) in [5.41, 5.74) is 12.7. The highest BCUT2D eigenvalue weighted by atomic mass is 16.5. The summed E-state index contributed by atoms with van der Waals surface area (Å²) in [7, 11) is 0. The van der Waals surface area contributed by atoms with E-state index >= 15 is 0 Å². The number of aliphatic hydroxyl groups is 1. The van der Waals surface area contributed by atoms with Crippen LogP contribution >= 0.6 is 0 Å². The van der Waals surface area contributed by atoms with Crippen LogP contribution in [0.3, 0.4) is 0 Å². The average molecular weight is 265 g/mol. The maximum absolute atomic E-state index is 11.3. The molecule has 1 heterocycles. The largest absolute Gasteiger partial charge is 0.396 e. The van der Waals surface area contributed by atoms with Gasteiger partial charge in [0.05, 0.1) is 35.8 Å². The van der Waals surface area contributed by atoms with Crippen molar-refractivity contribution in [2.75, 3.05) is 30.3 Å². The molecule has 19 heavy (non-hydrogen) atoms. The molecule has 2 rings (SSSR count). The van der Waals surface area contributed by atoms with E-state index < -0.39 is 5.91 Å². The minimum absolute atomic E-state index is 0.0115. The summed E-state index contributed by atoms with van der Waals surface area (Å²) in [6, 6.07) is 5.20. The monoisotopic (exact) mass is 265 g/mol. The van der Waals surface area contributed by atoms with Crippen molar-refractivity contribution in [1.29, 1.82) is 0 Å². The summed E-state index contributed by atoms with van der Waals surface area (Å²) >= 11 is 0. The smallest absolute Gasteiger partial charge is 0.250 e. The van der Waals surface area contributed by atoms with Crippen molar-refractivity contribution >= 4 is 17.3 Å². The van der Waals surface area contributed by atoms with E-state index in [1.807, 2.05) is 17.9 Å². The van der Waals surface area contributed by atoms with Crippen LogP contribution in [-0.2, 0) is 4.74 Å². The van der Waals surface area contributed by atoms with Crippen LogP contribution in [0, 0.1) is 0 Å². The van der Waals surface area contributed by atoms with E-state index in [1.54, 1.807) is 12.1 Å². The third-order valence-electron chi connectivity index (χ3n) is 3.22. The molecule has 6 nitrogen and oxygen atoms in total. The summed E-state index contributed by atoms with van der Waals surface area (Å²) in [6.07, 6.45) is -0.261. The molecule has 2 unspecified atom stereocenters. The van der Waals surface area contributed by atoms with Crippen LogP contribution in [0.15, 0.2) is 18.2 Å². The fourth-order valence-electron chi connectivity index (χ4n) is 2.39. The molecule has 0 aromatic heterocycles. The molecule has 1 saturated heterocycles. The third-order valence-corrected chi connectivity index (χ3v) is 3.22. The van der Waals surface area contributed by atoms with E-state index in [0.717, 1.165) is 5.69 Å². The predicted molar refractivity (Wildman–Crippen MR) is 73.0 cm³/mol. The van der Waals surface area contributed by atoms with Crippen molar-refractivity contribution in [2.45, 2.75) is 19.1 Å². The zero-order chi connectivity index (χ0) is 14.0. The first-order valence-corrected chi connectivity index (χ1v) is 6.22. The van der Waals surface area contributed by atoms with Crippen molar-refractivity contribution in [1.82, 2.24) is 0 Å². The molecule has 0 aliphatic carbocycles. The molecule has 0 saturated carbocycles. The molecule has 6 heteroatoms. The van der Waals surface area contributed by atoms with Crippen molar-refractivity contribution in [3.05, 3.63) is 23.8 Å². The van der Waals surface area contributed by atoms with Crippen LogP contribution in [0.4, 0.5) is 11.4 Å². The number of morpholine rings is 1. The van der Waals surface area contributed by atoms with Crippen molar-refractivity contribution < 1.29 is 14.6 Å². The molecular formula is C13H19N3O3. The molecule has 1 fully saturated rings. The fourth-order valence-corrected chi connectivity index (χ4v) is 2.39. The van der Waals surface area contributed by atoms with Crippen molar-refractivity contribution in [3.8, 4) is 0 Å². The van der Waals surface area contributed by atoms with Gasteiger partial charge in [-0.3, -0.25) is 4.79 Å². The Kier molecular flexibility index (Phi) is 3.92. The van der Waals surface area contributed by atoms with Gasteiger partial charge < -0.3 is 26.2 Å². The summed E-state index contributed by atoms with van der Waals surface area (Å²) in [5.74, 6) is -0.542. The number of nitrogens with two attached hydrogens (primary N) is 2. The molecule has 1 aliphatic rings. The summed E-state index contributed by atoms with van der Waals surface area (Å²) < 4.78 is 5.58. The lowest BCUT2D eigenvalue weighted by atomic mass is 10.1. The zero-order valence-corrected chi connectivity index (χ0v) is 10.9. The van der Waals surface area contributed by atoms with E-state index in [0.29, 0.717) is 24.3 Å². The van der Waals surface area contributed by atoms with E-state index in [2.05, 4.69) is 0 Å². The number of benzene rings is 1. The Labute approximate surface area is 111 Å². The lowest BCUT2D eigenvalue weighted by Gasteiger charge is -2.38. The maximum Gasteiger partial charge on any atom is 0.250 e. The van der Waals surface area contributed by atoms with Gasteiger partial charge in [-0.2, -0.15) is 0 Å². The number of carbonyl (C=O) groups is 1. The van der Waals surface area contributed by atoms with E-state index in [4.69, 9.17) is 16.2 Å². The van der Waals surface area contributed by atoms with Gasteiger partial charge in [0.1, 0.15) is 0 Å². The molecule has 0 bridgehead atoms. The van der Waals surface area contributed by atoms with E-state index in [9.17, 15) is 9.90 Å². The highest BCUT2D eigenvalue weighted by molar-refractivity contribution is 6.00. The van der Waals surface area contributed by atoms with Crippen LogP contribution in [0.25, 0.3) is 0 Å². The molecule has 1 aromatic rings. The number of hydrogen-bond donors (Lipinski definition) is 3. The summed E-state index contributed by atoms with van der Waals surface area (Å²) in [5, 5.41) is 9.23. The Hall–Kier alpha value is -1.79.